The lowest BCUT2D eigenvalue weighted by atomic mass is 10.1. The predicted octanol–water partition coefficient (Wildman–Crippen LogP) is 3.72. The van der Waals surface area contributed by atoms with Crippen molar-refractivity contribution in [3.05, 3.63) is 77.0 Å². The lowest BCUT2D eigenvalue weighted by molar-refractivity contribution is -0.384. The molecule has 5 heteroatoms. The highest BCUT2D eigenvalue weighted by Gasteiger charge is 2.08. The van der Waals surface area contributed by atoms with Gasteiger partial charge in [-0.05, 0) is 18.2 Å². The highest BCUT2D eigenvalue weighted by Crippen LogP contribution is 2.22. The van der Waals surface area contributed by atoms with Crippen LogP contribution in [0.3, 0.4) is 0 Å². The van der Waals surface area contributed by atoms with Crippen molar-refractivity contribution in [3.8, 4) is 22.6 Å². The fourth-order valence-electron chi connectivity index (χ4n) is 2.00. The summed E-state index contributed by atoms with van der Waals surface area (Å²) in [6.07, 6.45) is 1.69. The first-order chi connectivity index (χ1) is 10.2. The maximum atomic E-state index is 10.7. The van der Waals surface area contributed by atoms with E-state index in [0.717, 1.165) is 16.8 Å². The second-order valence-electron chi connectivity index (χ2n) is 4.44. The molecular formula is C16H11N3O2. The van der Waals surface area contributed by atoms with Crippen molar-refractivity contribution >= 4 is 5.69 Å². The lowest BCUT2D eigenvalue weighted by Crippen LogP contribution is -1.92. The van der Waals surface area contributed by atoms with Crippen LogP contribution in [0.2, 0.25) is 0 Å². The summed E-state index contributed by atoms with van der Waals surface area (Å²) in [4.78, 5) is 19.0. The fraction of sp³-hybridized carbons (Fsp3) is 0. The van der Waals surface area contributed by atoms with E-state index in [4.69, 9.17) is 0 Å². The zero-order valence-electron chi connectivity index (χ0n) is 11.0. The molecule has 3 rings (SSSR count). The maximum absolute atomic E-state index is 10.7. The van der Waals surface area contributed by atoms with Gasteiger partial charge in [0.25, 0.3) is 5.69 Å². The van der Waals surface area contributed by atoms with Crippen LogP contribution in [-0.2, 0) is 0 Å². The molecule has 0 atom stereocenters. The van der Waals surface area contributed by atoms with Gasteiger partial charge in [-0.15, -0.1) is 0 Å². The second kappa shape index (κ2) is 5.50. The van der Waals surface area contributed by atoms with Gasteiger partial charge in [0.05, 0.1) is 10.6 Å². The first-order valence-corrected chi connectivity index (χ1v) is 6.37. The molecule has 21 heavy (non-hydrogen) atoms. The number of rotatable bonds is 3. The van der Waals surface area contributed by atoms with Crippen LogP contribution in [0.1, 0.15) is 0 Å². The van der Waals surface area contributed by atoms with Crippen LogP contribution >= 0.6 is 0 Å². The highest BCUT2D eigenvalue weighted by atomic mass is 16.6. The van der Waals surface area contributed by atoms with E-state index in [1.807, 2.05) is 36.4 Å². The monoisotopic (exact) mass is 277 g/mol. The summed E-state index contributed by atoms with van der Waals surface area (Å²) in [5.74, 6) is 0.547. The Bertz CT molecular complexity index is 771. The summed E-state index contributed by atoms with van der Waals surface area (Å²) >= 11 is 0. The molecule has 0 spiro atoms. The van der Waals surface area contributed by atoms with Crippen LogP contribution in [0.5, 0.6) is 0 Å². The third kappa shape index (κ3) is 2.76. The Morgan fingerprint density at radius 3 is 2.24 bits per heavy atom. The summed E-state index contributed by atoms with van der Waals surface area (Å²) in [6, 6.07) is 17.8. The van der Waals surface area contributed by atoms with Crippen molar-refractivity contribution in [1.82, 2.24) is 9.97 Å². The topological polar surface area (TPSA) is 68.9 Å². The van der Waals surface area contributed by atoms with E-state index in [2.05, 4.69) is 9.97 Å². The number of hydrogen-bond acceptors (Lipinski definition) is 4. The largest absolute Gasteiger partial charge is 0.269 e. The minimum Gasteiger partial charge on any atom is -0.258 e. The number of nitrogens with zero attached hydrogens (tertiary/aromatic N) is 3. The molecule has 0 bridgehead atoms. The highest BCUT2D eigenvalue weighted by molar-refractivity contribution is 5.63. The Morgan fingerprint density at radius 1 is 0.857 bits per heavy atom. The van der Waals surface area contributed by atoms with Gasteiger partial charge in [-0.1, -0.05) is 30.3 Å². The van der Waals surface area contributed by atoms with Gasteiger partial charge < -0.3 is 0 Å². The molecule has 0 fully saturated rings. The molecule has 0 saturated carbocycles. The summed E-state index contributed by atoms with van der Waals surface area (Å²) in [5.41, 5.74) is 2.62. The van der Waals surface area contributed by atoms with E-state index in [9.17, 15) is 10.1 Å². The Balaban J connectivity index is 1.98. The van der Waals surface area contributed by atoms with E-state index in [1.54, 1.807) is 18.3 Å². The van der Waals surface area contributed by atoms with Gasteiger partial charge in [0.1, 0.15) is 0 Å². The van der Waals surface area contributed by atoms with Crippen molar-refractivity contribution < 1.29 is 4.92 Å². The number of non-ortho nitro benzene ring substituents is 1. The van der Waals surface area contributed by atoms with E-state index in [0.29, 0.717) is 5.82 Å². The Morgan fingerprint density at radius 2 is 1.57 bits per heavy atom. The van der Waals surface area contributed by atoms with E-state index < -0.39 is 4.92 Å². The van der Waals surface area contributed by atoms with Crippen LogP contribution in [0, 0.1) is 10.1 Å². The maximum Gasteiger partial charge on any atom is 0.269 e. The van der Waals surface area contributed by atoms with Crippen LogP contribution in [0.15, 0.2) is 66.9 Å². The SMILES string of the molecule is O=[N+]([O-])c1ccc(-c2nccc(-c3ccccc3)n2)cc1. The number of aromatic nitrogens is 2. The molecule has 0 amide bonds. The minimum atomic E-state index is -0.426. The van der Waals surface area contributed by atoms with Gasteiger partial charge in [0, 0.05) is 29.5 Å². The first-order valence-electron chi connectivity index (χ1n) is 6.37. The molecule has 0 N–H and O–H groups in total. The van der Waals surface area contributed by atoms with Gasteiger partial charge in [-0.25, -0.2) is 9.97 Å². The van der Waals surface area contributed by atoms with Crippen LogP contribution in [-0.4, -0.2) is 14.9 Å². The summed E-state index contributed by atoms with van der Waals surface area (Å²) in [7, 11) is 0. The first kappa shape index (κ1) is 12.9. The smallest absolute Gasteiger partial charge is 0.258 e. The summed E-state index contributed by atoms with van der Waals surface area (Å²) in [5, 5.41) is 10.7. The van der Waals surface area contributed by atoms with Crippen LogP contribution in [0.4, 0.5) is 5.69 Å². The van der Waals surface area contributed by atoms with Crippen LogP contribution < -0.4 is 0 Å². The Kier molecular flexibility index (Phi) is 3.39. The summed E-state index contributed by atoms with van der Waals surface area (Å²) in [6.45, 7) is 0. The molecule has 1 aromatic heterocycles. The predicted molar refractivity (Wildman–Crippen MR) is 79.6 cm³/mol. The van der Waals surface area contributed by atoms with Crippen molar-refractivity contribution in [2.75, 3.05) is 0 Å². The van der Waals surface area contributed by atoms with E-state index in [-0.39, 0.29) is 5.69 Å². The molecular weight excluding hydrogens is 266 g/mol. The van der Waals surface area contributed by atoms with E-state index >= 15 is 0 Å². The van der Waals surface area contributed by atoms with Gasteiger partial charge in [-0.3, -0.25) is 10.1 Å². The molecule has 2 aromatic carbocycles. The molecule has 5 nitrogen and oxygen atoms in total. The average Bonchev–Trinajstić information content (AvgIpc) is 2.56. The molecule has 102 valence electrons. The van der Waals surface area contributed by atoms with Crippen molar-refractivity contribution in [2.24, 2.45) is 0 Å². The van der Waals surface area contributed by atoms with Crippen molar-refractivity contribution in [1.29, 1.82) is 0 Å². The average molecular weight is 277 g/mol. The third-order valence-corrected chi connectivity index (χ3v) is 3.06. The Labute approximate surface area is 121 Å². The van der Waals surface area contributed by atoms with Gasteiger partial charge in [0.2, 0.25) is 0 Å². The quantitative estimate of drug-likeness (QED) is 0.540. The van der Waals surface area contributed by atoms with E-state index in [1.165, 1.54) is 12.1 Å². The normalized spacial score (nSPS) is 10.3. The number of nitro groups is 1. The molecule has 0 aliphatic carbocycles. The van der Waals surface area contributed by atoms with Crippen molar-refractivity contribution in [2.45, 2.75) is 0 Å². The molecule has 1 heterocycles. The Hall–Kier alpha value is -3.08. The van der Waals surface area contributed by atoms with Gasteiger partial charge in [0.15, 0.2) is 5.82 Å². The number of hydrogen-bond donors (Lipinski definition) is 0. The third-order valence-electron chi connectivity index (χ3n) is 3.06. The van der Waals surface area contributed by atoms with Crippen LogP contribution in [0.25, 0.3) is 22.6 Å². The molecule has 3 aromatic rings. The molecule has 0 unspecified atom stereocenters. The van der Waals surface area contributed by atoms with Gasteiger partial charge >= 0.3 is 0 Å². The summed E-state index contributed by atoms with van der Waals surface area (Å²) < 4.78 is 0. The van der Waals surface area contributed by atoms with Gasteiger partial charge in [-0.2, -0.15) is 0 Å². The molecule has 0 aliphatic heterocycles. The molecule has 0 radical (unpaired) electrons. The number of benzene rings is 2. The second-order valence-corrected chi connectivity index (χ2v) is 4.44. The lowest BCUT2D eigenvalue weighted by Gasteiger charge is -2.04. The molecule has 0 saturated heterocycles. The fourth-order valence-corrected chi connectivity index (χ4v) is 2.00. The van der Waals surface area contributed by atoms with Crippen molar-refractivity contribution in [3.63, 3.8) is 0 Å². The number of nitro benzene ring substituents is 1. The standard InChI is InChI=1S/C16H11N3O2/c20-19(21)14-8-6-13(7-9-14)16-17-11-10-15(18-16)12-4-2-1-3-5-12/h1-11H. The molecule has 0 aliphatic rings. The minimum absolute atomic E-state index is 0.0537. The zero-order valence-corrected chi connectivity index (χ0v) is 11.0. The zero-order chi connectivity index (χ0) is 14.7.